The van der Waals surface area contributed by atoms with Crippen molar-refractivity contribution < 1.29 is 18.8 Å². The third-order valence-electron chi connectivity index (χ3n) is 3.26. The molecule has 1 fully saturated rings. The van der Waals surface area contributed by atoms with Gasteiger partial charge in [-0.15, -0.1) is 0 Å². The van der Waals surface area contributed by atoms with E-state index >= 15 is 0 Å². The maximum Gasteiger partial charge on any atom is 0.243 e. The van der Waals surface area contributed by atoms with Gasteiger partial charge in [0.15, 0.2) is 5.78 Å². The Kier molecular flexibility index (Phi) is 4.24. The van der Waals surface area contributed by atoms with Crippen LogP contribution in [0.5, 0.6) is 0 Å². The van der Waals surface area contributed by atoms with E-state index in [0.717, 1.165) is 0 Å². The number of carbonyl (C=O) groups is 3. The van der Waals surface area contributed by atoms with E-state index in [1.165, 1.54) is 11.0 Å². The number of halogens is 1. The smallest absolute Gasteiger partial charge is 0.243 e. The quantitative estimate of drug-likeness (QED) is 0.804. The molecular formula is C14H15FN2O3. The second-order valence-corrected chi connectivity index (χ2v) is 4.80. The first-order valence-electron chi connectivity index (χ1n) is 6.30. The lowest BCUT2D eigenvalue weighted by molar-refractivity contribution is -0.140. The van der Waals surface area contributed by atoms with Crippen LogP contribution in [-0.2, 0) is 20.8 Å². The normalized spacial score (nSPS) is 19.8. The van der Waals surface area contributed by atoms with Crippen molar-refractivity contribution in [3.05, 3.63) is 35.6 Å². The highest BCUT2D eigenvalue weighted by atomic mass is 19.1. The fourth-order valence-electron chi connectivity index (χ4n) is 2.10. The van der Waals surface area contributed by atoms with Gasteiger partial charge in [0, 0.05) is 6.42 Å². The second kappa shape index (κ2) is 5.92. The van der Waals surface area contributed by atoms with Gasteiger partial charge >= 0.3 is 0 Å². The van der Waals surface area contributed by atoms with Crippen molar-refractivity contribution in [3.8, 4) is 0 Å². The molecule has 1 aromatic rings. The van der Waals surface area contributed by atoms with Crippen LogP contribution in [0.15, 0.2) is 24.3 Å². The van der Waals surface area contributed by atoms with Gasteiger partial charge in [0.2, 0.25) is 11.8 Å². The number of Topliss-reactive ketones (excluding diaryl/α,β-unsaturated/α-hetero) is 1. The summed E-state index contributed by atoms with van der Waals surface area (Å²) in [5, 5.41) is 2.20. The fraction of sp³-hybridized carbons (Fsp3) is 0.357. The molecule has 106 valence electrons. The first-order valence-corrected chi connectivity index (χ1v) is 6.30. The van der Waals surface area contributed by atoms with Gasteiger partial charge in [-0.25, -0.2) is 4.39 Å². The summed E-state index contributed by atoms with van der Waals surface area (Å²) in [4.78, 5) is 36.2. The lowest BCUT2D eigenvalue weighted by Crippen LogP contribution is -2.57. The zero-order valence-corrected chi connectivity index (χ0v) is 11.1. The van der Waals surface area contributed by atoms with Crippen LogP contribution in [0.3, 0.4) is 0 Å². The zero-order valence-electron chi connectivity index (χ0n) is 11.1. The van der Waals surface area contributed by atoms with Gasteiger partial charge in [0.1, 0.15) is 5.82 Å². The summed E-state index contributed by atoms with van der Waals surface area (Å²) < 4.78 is 13.4. The molecule has 1 unspecified atom stereocenters. The van der Waals surface area contributed by atoms with Crippen LogP contribution in [0.1, 0.15) is 12.5 Å². The third-order valence-corrected chi connectivity index (χ3v) is 3.26. The molecule has 1 N–H and O–H groups in total. The van der Waals surface area contributed by atoms with Gasteiger partial charge in [0.25, 0.3) is 0 Å². The van der Waals surface area contributed by atoms with Crippen molar-refractivity contribution in [3.63, 3.8) is 0 Å². The van der Waals surface area contributed by atoms with E-state index in [9.17, 15) is 18.8 Å². The van der Waals surface area contributed by atoms with E-state index in [1.807, 2.05) is 0 Å². The summed E-state index contributed by atoms with van der Waals surface area (Å²) in [5.74, 6) is -1.50. The van der Waals surface area contributed by atoms with Crippen molar-refractivity contribution in [1.82, 2.24) is 10.2 Å². The predicted molar refractivity (Wildman–Crippen MR) is 69.3 cm³/mol. The summed E-state index contributed by atoms with van der Waals surface area (Å²) in [7, 11) is 0. The number of ketones is 1. The summed E-state index contributed by atoms with van der Waals surface area (Å²) in [6.07, 6.45) is -0.0499. The summed E-state index contributed by atoms with van der Waals surface area (Å²) in [5.41, 5.74) is 0.318. The molecule has 1 aliphatic heterocycles. The maximum absolute atomic E-state index is 13.4. The van der Waals surface area contributed by atoms with Gasteiger partial charge < -0.3 is 0 Å². The Morgan fingerprint density at radius 3 is 2.80 bits per heavy atom. The summed E-state index contributed by atoms with van der Waals surface area (Å²) >= 11 is 0. The number of piperazine rings is 1. The largest absolute Gasteiger partial charge is 0.298 e. The number of nitrogens with zero attached hydrogens (tertiary/aromatic N) is 1. The molecular weight excluding hydrogens is 263 g/mol. The highest BCUT2D eigenvalue weighted by molar-refractivity contribution is 6.01. The highest BCUT2D eigenvalue weighted by Gasteiger charge is 2.31. The minimum atomic E-state index is -0.544. The number of imide groups is 1. The number of hydrogen-bond acceptors (Lipinski definition) is 4. The van der Waals surface area contributed by atoms with Gasteiger partial charge in [-0.05, 0) is 18.6 Å². The average molecular weight is 278 g/mol. The molecule has 1 aliphatic rings. The molecule has 2 rings (SSSR count). The predicted octanol–water partition coefficient (Wildman–Crippen LogP) is 0.284. The maximum atomic E-state index is 13.4. The molecule has 1 atom stereocenters. The Balaban J connectivity index is 1.99. The molecule has 5 nitrogen and oxygen atoms in total. The number of benzene rings is 1. The number of hydrogen-bond donors (Lipinski definition) is 1. The molecule has 6 heteroatoms. The van der Waals surface area contributed by atoms with Crippen LogP contribution in [0.2, 0.25) is 0 Å². The van der Waals surface area contributed by atoms with Crippen molar-refractivity contribution in [2.24, 2.45) is 0 Å². The van der Waals surface area contributed by atoms with Crippen molar-refractivity contribution in [1.29, 1.82) is 0 Å². The Labute approximate surface area is 115 Å². The minimum absolute atomic E-state index is 0.00405. The molecule has 0 aliphatic carbocycles. The van der Waals surface area contributed by atoms with E-state index in [-0.39, 0.29) is 25.3 Å². The standard InChI is InChI=1S/C14H15FN2O3/c1-9-14(20)16-13(19)8-17(9)7-11(18)6-10-4-2-3-5-12(10)15/h2-5,9H,6-8H2,1H3,(H,16,19,20). The Morgan fingerprint density at radius 1 is 1.40 bits per heavy atom. The minimum Gasteiger partial charge on any atom is -0.298 e. The lowest BCUT2D eigenvalue weighted by Gasteiger charge is -2.30. The summed E-state index contributed by atoms with van der Waals surface area (Å²) in [6.45, 7) is 1.57. The highest BCUT2D eigenvalue weighted by Crippen LogP contribution is 2.10. The number of nitrogens with one attached hydrogen (secondary N) is 1. The van der Waals surface area contributed by atoms with Gasteiger partial charge in [0.05, 0.1) is 19.1 Å². The van der Waals surface area contributed by atoms with Gasteiger partial charge in [-0.1, -0.05) is 18.2 Å². The molecule has 1 aromatic carbocycles. The number of carbonyl (C=O) groups excluding carboxylic acids is 3. The van der Waals surface area contributed by atoms with Crippen molar-refractivity contribution in [2.45, 2.75) is 19.4 Å². The first kappa shape index (κ1) is 14.3. The van der Waals surface area contributed by atoms with Crippen LogP contribution < -0.4 is 5.32 Å². The van der Waals surface area contributed by atoms with Gasteiger partial charge in [-0.2, -0.15) is 0 Å². The lowest BCUT2D eigenvalue weighted by atomic mass is 10.1. The molecule has 0 radical (unpaired) electrons. The topological polar surface area (TPSA) is 66.5 Å². The Hall–Kier alpha value is -2.08. The van der Waals surface area contributed by atoms with E-state index in [1.54, 1.807) is 25.1 Å². The van der Waals surface area contributed by atoms with Crippen molar-refractivity contribution >= 4 is 17.6 Å². The number of rotatable bonds is 4. The summed E-state index contributed by atoms with van der Waals surface area (Å²) in [6, 6.07) is 5.51. The van der Waals surface area contributed by atoms with E-state index < -0.39 is 23.7 Å². The second-order valence-electron chi connectivity index (χ2n) is 4.80. The Morgan fingerprint density at radius 2 is 2.10 bits per heavy atom. The molecule has 0 spiro atoms. The van der Waals surface area contributed by atoms with Crippen LogP contribution in [-0.4, -0.2) is 41.6 Å². The average Bonchev–Trinajstić information content (AvgIpc) is 2.38. The first-order chi connectivity index (χ1) is 9.47. The monoisotopic (exact) mass is 278 g/mol. The van der Waals surface area contributed by atoms with Crippen LogP contribution in [0.25, 0.3) is 0 Å². The molecule has 0 bridgehead atoms. The molecule has 1 saturated heterocycles. The van der Waals surface area contributed by atoms with Gasteiger partial charge in [-0.3, -0.25) is 24.6 Å². The number of amides is 2. The van der Waals surface area contributed by atoms with Crippen LogP contribution in [0.4, 0.5) is 4.39 Å². The molecule has 2 amide bonds. The Bertz CT molecular complexity index is 559. The van der Waals surface area contributed by atoms with E-state index in [0.29, 0.717) is 5.56 Å². The molecule has 0 saturated carbocycles. The zero-order chi connectivity index (χ0) is 14.7. The third kappa shape index (κ3) is 3.27. The van der Waals surface area contributed by atoms with Crippen LogP contribution in [0, 0.1) is 5.82 Å². The van der Waals surface area contributed by atoms with Crippen molar-refractivity contribution in [2.75, 3.05) is 13.1 Å². The molecule has 1 heterocycles. The SMILES string of the molecule is CC1C(=O)NC(=O)CN1CC(=O)Cc1ccccc1F. The molecule has 0 aromatic heterocycles. The van der Waals surface area contributed by atoms with Crippen LogP contribution >= 0.6 is 0 Å². The molecule has 20 heavy (non-hydrogen) atoms. The van der Waals surface area contributed by atoms with E-state index in [4.69, 9.17) is 0 Å². The fourth-order valence-corrected chi connectivity index (χ4v) is 2.10. The van der Waals surface area contributed by atoms with E-state index in [2.05, 4.69) is 5.32 Å².